The summed E-state index contributed by atoms with van der Waals surface area (Å²) in [6.07, 6.45) is 0. The van der Waals surface area contributed by atoms with Crippen LogP contribution in [-0.4, -0.2) is 24.7 Å². The second kappa shape index (κ2) is 6.33. The van der Waals surface area contributed by atoms with Crippen molar-refractivity contribution in [2.24, 2.45) is 0 Å². The Kier molecular flexibility index (Phi) is 4.52. The molecule has 2 aromatic rings. The average Bonchev–Trinajstić information content (AvgIpc) is 2.87. The highest BCUT2D eigenvalue weighted by Crippen LogP contribution is 2.28. The molecule has 0 saturated carbocycles. The minimum atomic E-state index is -0.509. The summed E-state index contributed by atoms with van der Waals surface area (Å²) in [6, 6.07) is 4.44. The van der Waals surface area contributed by atoms with E-state index in [-0.39, 0.29) is 18.1 Å². The molecule has 5 nitrogen and oxygen atoms in total. The first-order valence-corrected chi connectivity index (χ1v) is 6.74. The van der Waals surface area contributed by atoms with Gasteiger partial charge in [-0.2, -0.15) is 0 Å². The van der Waals surface area contributed by atoms with Crippen molar-refractivity contribution in [2.45, 2.75) is 6.92 Å². The lowest BCUT2D eigenvalue weighted by Gasteiger charge is -2.08. The number of aromatic nitrogens is 1. The molecule has 0 saturated heterocycles. The minimum absolute atomic E-state index is 0.158. The molecule has 2 rings (SSSR count). The number of nitrogens with one attached hydrogen (secondary N) is 1. The largest absolute Gasteiger partial charge is 0.494 e. The predicted molar refractivity (Wildman–Crippen MR) is 74.3 cm³/mol. The second-order valence-electron chi connectivity index (χ2n) is 3.72. The zero-order chi connectivity index (χ0) is 14.5. The molecule has 0 aliphatic carbocycles. The van der Waals surface area contributed by atoms with E-state index in [9.17, 15) is 9.18 Å². The smallest absolute Gasteiger partial charge is 0.360 e. The summed E-state index contributed by atoms with van der Waals surface area (Å²) in [7, 11) is 1.40. The van der Waals surface area contributed by atoms with Crippen LogP contribution in [0, 0.1) is 5.82 Å². The number of rotatable bonds is 5. The van der Waals surface area contributed by atoms with Gasteiger partial charge >= 0.3 is 5.97 Å². The van der Waals surface area contributed by atoms with Crippen molar-refractivity contribution in [3.05, 3.63) is 35.2 Å². The van der Waals surface area contributed by atoms with Crippen molar-refractivity contribution in [3.63, 3.8) is 0 Å². The standard InChI is InChI=1S/C13H13FN2O3S/c1-3-19-13(17)11-12(20-7-15-11)16-8-4-5-10(18-2)9(14)6-8/h4-7,16H,3H2,1-2H3. The Labute approximate surface area is 119 Å². The van der Waals surface area contributed by atoms with Crippen molar-refractivity contribution in [1.29, 1.82) is 0 Å². The number of esters is 1. The highest BCUT2D eigenvalue weighted by atomic mass is 32.1. The molecule has 1 aromatic carbocycles. The summed E-state index contributed by atoms with van der Waals surface area (Å²) < 4.78 is 23.3. The summed E-state index contributed by atoms with van der Waals surface area (Å²) >= 11 is 1.24. The number of thiazole rings is 1. The van der Waals surface area contributed by atoms with E-state index < -0.39 is 11.8 Å². The number of hydrogen-bond donors (Lipinski definition) is 1. The number of carbonyl (C=O) groups excluding carboxylic acids is 1. The number of halogens is 1. The van der Waals surface area contributed by atoms with Gasteiger partial charge in [0.2, 0.25) is 0 Å². The van der Waals surface area contributed by atoms with Gasteiger partial charge in [-0.15, -0.1) is 11.3 Å². The molecule has 0 amide bonds. The van der Waals surface area contributed by atoms with Gasteiger partial charge in [-0.25, -0.2) is 14.2 Å². The van der Waals surface area contributed by atoms with Crippen LogP contribution >= 0.6 is 11.3 Å². The van der Waals surface area contributed by atoms with Crippen LogP contribution < -0.4 is 10.1 Å². The van der Waals surface area contributed by atoms with Crippen molar-refractivity contribution >= 4 is 28.0 Å². The molecule has 0 spiro atoms. The zero-order valence-corrected chi connectivity index (χ0v) is 11.8. The van der Waals surface area contributed by atoms with Crippen molar-refractivity contribution in [1.82, 2.24) is 4.98 Å². The summed E-state index contributed by atoms with van der Waals surface area (Å²) in [4.78, 5) is 15.6. The maximum atomic E-state index is 13.6. The fourth-order valence-electron chi connectivity index (χ4n) is 1.55. The molecule has 7 heteroatoms. The third-order valence-corrected chi connectivity index (χ3v) is 3.19. The van der Waals surface area contributed by atoms with Crippen molar-refractivity contribution in [3.8, 4) is 5.75 Å². The van der Waals surface area contributed by atoms with Crippen molar-refractivity contribution < 1.29 is 18.7 Å². The van der Waals surface area contributed by atoms with Gasteiger partial charge in [-0.3, -0.25) is 0 Å². The van der Waals surface area contributed by atoms with Crippen LogP contribution in [0.4, 0.5) is 15.1 Å². The third-order valence-electron chi connectivity index (χ3n) is 2.45. The Balaban J connectivity index is 2.20. The quantitative estimate of drug-likeness (QED) is 0.858. The van der Waals surface area contributed by atoms with Crippen molar-refractivity contribution in [2.75, 3.05) is 19.0 Å². The number of ether oxygens (including phenoxy) is 2. The molecular formula is C13H13FN2O3S. The van der Waals surface area contributed by atoms with Gasteiger partial charge in [0, 0.05) is 11.8 Å². The molecule has 106 valence electrons. The molecule has 0 atom stereocenters. The number of methoxy groups -OCH3 is 1. The van der Waals surface area contributed by atoms with E-state index in [4.69, 9.17) is 9.47 Å². The number of hydrogen-bond acceptors (Lipinski definition) is 6. The summed E-state index contributed by atoms with van der Waals surface area (Å²) in [5.74, 6) is -0.838. The fraction of sp³-hybridized carbons (Fsp3) is 0.231. The Morgan fingerprint density at radius 3 is 2.95 bits per heavy atom. The molecule has 0 aliphatic heterocycles. The normalized spacial score (nSPS) is 10.2. The molecule has 1 aromatic heterocycles. The number of benzene rings is 1. The van der Waals surface area contributed by atoms with E-state index in [0.717, 1.165) is 0 Å². The molecule has 0 fully saturated rings. The Bertz CT molecular complexity index is 615. The summed E-state index contributed by atoms with van der Waals surface area (Å²) in [5.41, 5.74) is 2.21. The highest BCUT2D eigenvalue weighted by molar-refractivity contribution is 7.14. The first kappa shape index (κ1) is 14.3. The monoisotopic (exact) mass is 296 g/mol. The van der Waals surface area contributed by atoms with Crippen LogP contribution in [0.1, 0.15) is 17.4 Å². The average molecular weight is 296 g/mol. The van der Waals surface area contributed by atoms with Crippen LogP contribution in [0.3, 0.4) is 0 Å². The minimum Gasteiger partial charge on any atom is -0.494 e. The van der Waals surface area contributed by atoms with Crippen LogP contribution in [0.5, 0.6) is 5.75 Å². The summed E-state index contributed by atoms with van der Waals surface area (Å²) in [5, 5.41) is 3.45. The van der Waals surface area contributed by atoms with E-state index in [1.807, 2.05) is 0 Å². The second-order valence-corrected chi connectivity index (χ2v) is 4.58. The predicted octanol–water partition coefficient (Wildman–Crippen LogP) is 3.21. The molecule has 20 heavy (non-hydrogen) atoms. The van der Waals surface area contributed by atoms with E-state index in [1.165, 1.54) is 36.1 Å². The van der Waals surface area contributed by atoms with Gasteiger partial charge in [0.1, 0.15) is 5.00 Å². The third kappa shape index (κ3) is 3.05. The van der Waals surface area contributed by atoms with Crippen LogP contribution in [-0.2, 0) is 4.74 Å². The van der Waals surface area contributed by atoms with E-state index >= 15 is 0 Å². The van der Waals surface area contributed by atoms with Gasteiger partial charge in [0.05, 0.1) is 19.2 Å². The Morgan fingerprint density at radius 2 is 2.30 bits per heavy atom. The van der Waals surface area contributed by atoms with E-state index in [1.54, 1.807) is 13.0 Å². The molecule has 1 N–H and O–H groups in total. The first-order chi connectivity index (χ1) is 9.65. The lowest BCUT2D eigenvalue weighted by Crippen LogP contribution is -2.07. The topological polar surface area (TPSA) is 60.5 Å². The molecule has 0 radical (unpaired) electrons. The van der Waals surface area contributed by atoms with Gasteiger partial charge in [-0.05, 0) is 19.1 Å². The number of anilines is 2. The number of carbonyl (C=O) groups is 1. The fourth-order valence-corrected chi connectivity index (χ4v) is 2.24. The highest BCUT2D eigenvalue weighted by Gasteiger charge is 2.16. The molecule has 0 unspecified atom stereocenters. The lowest BCUT2D eigenvalue weighted by atomic mass is 10.3. The van der Waals surface area contributed by atoms with Gasteiger partial charge in [0.25, 0.3) is 0 Å². The van der Waals surface area contributed by atoms with Crippen LogP contribution in [0.2, 0.25) is 0 Å². The summed E-state index contributed by atoms with van der Waals surface area (Å²) in [6.45, 7) is 1.99. The molecular weight excluding hydrogens is 283 g/mol. The van der Waals surface area contributed by atoms with Crippen LogP contribution in [0.15, 0.2) is 23.7 Å². The Hall–Kier alpha value is -2.15. The first-order valence-electron chi connectivity index (χ1n) is 5.87. The van der Waals surface area contributed by atoms with Crippen LogP contribution in [0.25, 0.3) is 0 Å². The zero-order valence-electron chi connectivity index (χ0n) is 11.0. The van der Waals surface area contributed by atoms with E-state index in [0.29, 0.717) is 10.7 Å². The molecule has 0 bridgehead atoms. The maximum Gasteiger partial charge on any atom is 0.360 e. The van der Waals surface area contributed by atoms with Gasteiger partial charge in [0.15, 0.2) is 17.3 Å². The maximum absolute atomic E-state index is 13.6. The Morgan fingerprint density at radius 1 is 1.50 bits per heavy atom. The van der Waals surface area contributed by atoms with E-state index in [2.05, 4.69) is 10.3 Å². The van der Waals surface area contributed by atoms with Gasteiger partial charge in [-0.1, -0.05) is 0 Å². The SMILES string of the molecule is CCOC(=O)c1ncsc1Nc1ccc(OC)c(F)c1. The van der Waals surface area contributed by atoms with Gasteiger partial charge < -0.3 is 14.8 Å². The number of nitrogens with zero attached hydrogens (tertiary/aromatic N) is 1. The lowest BCUT2D eigenvalue weighted by molar-refractivity contribution is 0.0521. The molecule has 0 aliphatic rings. The molecule has 1 heterocycles.